The zero-order valence-electron chi connectivity index (χ0n) is 18.3. The summed E-state index contributed by atoms with van der Waals surface area (Å²) in [5.74, 6) is 1.23. The third-order valence-corrected chi connectivity index (χ3v) is 6.31. The quantitative estimate of drug-likeness (QED) is 0.221. The third-order valence-electron chi connectivity index (χ3n) is 5.37. The zero-order valence-corrected chi connectivity index (χ0v) is 20.5. The van der Waals surface area contributed by atoms with Gasteiger partial charge in [-0.2, -0.15) is 0 Å². The number of benzene rings is 3. The van der Waals surface area contributed by atoms with E-state index in [1.54, 1.807) is 18.2 Å². The average molecular weight is 504 g/mol. The second-order valence-corrected chi connectivity index (χ2v) is 8.88. The van der Waals surface area contributed by atoms with E-state index < -0.39 is 0 Å². The van der Waals surface area contributed by atoms with Crippen LogP contribution in [0.2, 0.25) is 15.1 Å². The van der Waals surface area contributed by atoms with Crippen LogP contribution in [0, 0.1) is 0 Å². The molecule has 3 aromatic carbocycles. The van der Waals surface area contributed by atoms with Gasteiger partial charge in [-0.1, -0.05) is 59.1 Å². The van der Waals surface area contributed by atoms with Crippen LogP contribution >= 0.6 is 34.8 Å². The van der Waals surface area contributed by atoms with Crippen molar-refractivity contribution in [1.82, 2.24) is 10.3 Å². The van der Waals surface area contributed by atoms with Gasteiger partial charge in [0.1, 0.15) is 6.61 Å². The number of H-pyrrole nitrogens is 1. The van der Waals surface area contributed by atoms with Crippen LogP contribution in [0.5, 0.6) is 11.5 Å². The predicted octanol–water partition coefficient (Wildman–Crippen LogP) is 7.44. The van der Waals surface area contributed by atoms with Gasteiger partial charge >= 0.3 is 0 Å². The van der Waals surface area contributed by atoms with Crippen molar-refractivity contribution in [2.24, 2.45) is 0 Å². The normalized spacial score (nSPS) is 11.2. The second kappa shape index (κ2) is 11.2. The van der Waals surface area contributed by atoms with Crippen molar-refractivity contribution in [2.75, 3.05) is 13.2 Å². The van der Waals surface area contributed by atoms with Crippen molar-refractivity contribution in [3.63, 3.8) is 0 Å². The fraction of sp³-hybridized carbons (Fsp3) is 0.231. The Morgan fingerprint density at radius 2 is 1.64 bits per heavy atom. The number of para-hydroxylation sites is 1. The Balaban J connectivity index is 1.39. The minimum absolute atomic E-state index is 0.286. The number of aromatic nitrogens is 1. The standard InChI is InChI=1S/C26H25Cl3N2O2/c1-2-32-25-11-19(14-30-10-9-17-15-31-24-6-4-3-5-21(17)24)23(29)13-26(25)33-16-18-7-8-20(27)12-22(18)28/h3-8,11-13,15,30-31H,2,9-10,14,16H2,1H3. The molecule has 0 fully saturated rings. The van der Waals surface area contributed by atoms with E-state index in [1.807, 2.05) is 25.1 Å². The number of hydrogen-bond donors (Lipinski definition) is 2. The van der Waals surface area contributed by atoms with Gasteiger partial charge < -0.3 is 19.8 Å². The summed E-state index contributed by atoms with van der Waals surface area (Å²) in [5, 5.41) is 6.51. The number of aromatic amines is 1. The molecule has 0 atom stereocenters. The molecule has 4 nitrogen and oxygen atoms in total. The monoisotopic (exact) mass is 502 g/mol. The van der Waals surface area contributed by atoms with Crippen LogP contribution in [0.4, 0.5) is 0 Å². The molecule has 0 saturated heterocycles. The highest BCUT2D eigenvalue weighted by atomic mass is 35.5. The highest BCUT2D eigenvalue weighted by molar-refractivity contribution is 6.35. The van der Waals surface area contributed by atoms with Crippen molar-refractivity contribution in [2.45, 2.75) is 26.5 Å². The molecule has 4 aromatic rings. The van der Waals surface area contributed by atoms with Crippen molar-refractivity contribution < 1.29 is 9.47 Å². The Bertz CT molecular complexity index is 1240. The molecule has 0 radical (unpaired) electrons. The van der Waals surface area contributed by atoms with Crippen LogP contribution in [0.1, 0.15) is 23.6 Å². The molecule has 2 N–H and O–H groups in total. The topological polar surface area (TPSA) is 46.3 Å². The molecule has 0 saturated carbocycles. The second-order valence-electron chi connectivity index (χ2n) is 7.63. The van der Waals surface area contributed by atoms with E-state index >= 15 is 0 Å². The molecule has 0 aliphatic carbocycles. The van der Waals surface area contributed by atoms with Crippen LogP contribution in [0.25, 0.3) is 10.9 Å². The maximum atomic E-state index is 6.57. The fourth-order valence-corrected chi connectivity index (χ4v) is 4.36. The number of fused-ring (bicyclic) bond motifs is 1. The SMILES string of the molecule is CCOc1cc(CNCCc2c[nH]c3ccccc23)c(Cl)cc1OCc1ccc(Cl)cc1Cl. The molecule has 7 heteroatoms. The summed E-state index contributed by atoms with van der Waals surface area (Å²) >= 11 is 18.8. The lowest BCUT2D eigenvalue weighted by Gasteiger charge is -2.16. The number of rotatable bonds is 10. The predicted molar refractivity (Wildman–Crippen MR) is 137 cm³/mol. The van der Waals surface area contributed by atoms with E-state index in [2.05, 4.69) is 34.7 Å². The van der Waals surface area contributed by atoms with E-state index in [0.29, 0.717) is 39.7 Å². The van der Waals surface area contributed by atoms with Crippen molar-refractivity contribution in [3.05, 3.63) is 92.6 Å². The van der Waals surface area contributed by atoms with Gasteiger partial charge in [-0.05, 0) is 55.3 Å². The smallest absolute Gasteiger partial charge is 0.163 e. The Morgan fingerprint density at radius 3 is 2.45 bits per heavy atom. The van der Waals surface area contributed by atoms with Gasteiger partial charge in [0, 0.05) is 50.3 Å². The molecule has 0 unspecified atom stereocenters. The number of hydrogen-bond acceptors (Lipinski definition) is 3. The lowest BCUT2D eigenvalue weighted by atomic mass is 10.1. The minimum atomic E-state index is 0.286. The van der Waals surface area contributed by atoms with Crippen LogP contribution in [-0.2, 0) is 19.6 Å². The highest BCUT2D eigenvalue weighted by Gasteiger charge is 2.13. The van der Waals surface area contributed by atoms with Crippen molar-refractivity contribution >= 4 is 45.7 Å². The summed E-state index contributed by atoms with van der Waals surface area (Å²) in [7, 11) is 0. The molecule has 0 spiro atoms. The molecular formula is C26H25Cl3N2O2. The van der Waals surface area contributed by atoms with E-state index in [4.69, 9.17) is 44.3 Å². The molecule has 0 amide bonds. The Morgan fingerprint density at radius 1 is 0.848 bits per heavy atom. The largest absolute Gasteiger partial charge is 0.490 e. The summed E-state index contributed by atoms with van der Waals surface area (Å²) in [4.78, 5) is 3.32. The van der Waals surface area contributed by atoms with E-state index in [9.17, 15) is 0 Å². The molecule has 0 aliphatic rings. The van der Waals surface area contributed by atoms with E-state index in [-0.39, 0.29) is 6.61 Å². The maximum Gasteiger partial charge on any atom is 0.163 e. The van der Waals surface area contributed by atoms with E-state index in [1.165, 1.54) is 10.9 Å². The van der Waals surface area contributed by atoms with Gasteiger partial charge in [0.2, 0.25) is 0 Å². The molecular weight excluding hydrogens is 479 g/mol. The third kappa shape index (κ3) is 5.96. The molecule has 1 heterocycles. The molecule has 1 aromatic heterocycles. The molecule has 172 valence electrons. The van der Waals surface area contributed by atoms with Gasteiger partial charge in [-0.3, -0.25) is 0 Å². The Labute approximate surface area is 208 Å². The first-order valence-electron chi connectivity index (χ1n) is 10.8. The minimum Gasteiger partial charge on any atom is -0.490 e. The maximum absolute atomic E-state index is 6.57. The lowest BCUT2D eigenvalue weighted by molar-refractivity contribution is 0.269. The average Bonchev–Trinajstić information content (AvgIpc) is 3.21. The Hall–Kier alpha value is -2.37. The molecule has 0 aliphatic heterocycles. The first kappa shape index (κ1) is 23.8. The van der Waals surface area contributed by atoms with Crippen LogP contribution in [0.3, 0.4) is 0 Å². The van der Waals surface area contributed by atoms with Crippen molar-refractivity contribution in [1.29, 1.82) is 0 Å². The fourth-order valence-electron chi connectivity index (χ4n) is 3.67. The summed E-state index contributed by atoms with van der Waals surface area (Å²) in [5.41, 5.74) is 4.25. The zero-order chi connectivity index (χ0) is 23.2. The van der Waals surface area contributed by atoms with Crippen LogP contribution < -0.4 is 14.8 Å². The van der Waals surface area contributed by atoms with Crippen LogP contribution in [0.15, 0.2) is 60.8 Å². The van der Waals surface area contributed by atoms with Crippen molar-refractivity contribution in [3.8, 4) is 11.5 Å². The van der Waals surface area contributed by atoms with Crippen LogP contribution in [-0.4, -0.2) is 18.1 Å². The lowest BCUT2D eigenvalue weighted by Crippen LogP contribution is -2.17. The molecule has 33 heavy (non-hydrogen) atoms. The number of halogens is 3. The molecule has 4 rings (SSSR count). The molecule has 0 bridgehead atoms. The number of ether oxygens (including phenoxy) is 2. The van der Waals surface area contributed by atoms with E-state index in [0.717, 1.165) is 29.6 Å². The highest BCUT2D eigenvalue weighted by Crippen LogP contribution is 2.35. The Kier molecular flexibility index (Phi) is 8.05. The summed E-state index contributed by atoms with van der Waals surface area (Å²) in [6.07, 6.45) is 2.99. The van der Waals surface area contributed by atoms with Gasteiger partial charge in [0.15, 0.2) is 11.5 Å². The summed E-state index contributed by atoms with van der Waals surface area (Å²) in [6, 6.07) is 17.4. The number of nitrogens with one attached hydrogen (secondary N) is 2. The summed E-state index contributed by atoms with van der Waals surface area (Å²) in [6.45, 7) is 4.20. The first-order chi connectivity index (χ1) is 16.0. The summed E-state index contributed by atoms with van der Waals surface area (Å²) < 4.78 is 11.8. The first-order valence-corrected chi connectivity index (χ1v) is 12.0. The van der Waals surface area contributed by atoms with Gasteiger partial charge in [0.05, 0.1) is 6.61 Å². The van der Waals surface area contributed by atoms with Gasteiger partial charge in [-0.25, -0.2) is 0 Å². The van der Waals surface area contributed by atoms with Gasteiger partial charge in [-0.15, -0.1) is 0 Å². The van der Waals surface area contributed by atoms with Gasteiger partial charge in [0.25, 0.3) is 0 Å².